The average Bonchev–Trinajstić information content (AvgIpc) is 2.60. The number of hydrogen-bond acceptors (Lipinski definition) is 4. The first-order chi connectivity index (χ1) is 8.37. The van der Waals surface area contributed by atoms with E-state index >= 15 is 0 Å². The molecule has 98 valence electrons. The Morgan fingerprint density at radius 3 is 2.72 bits per heavy atom. The van der Waals surface area contributed by atoms with Gasteiger partial charge in [-0.05, 0) is 24.6 Å². The van der Waals surface area contributed by atoms with E-state index in [4.69, 9.17) is 5.73 Å². The van der Waals surface area contributed by atoms with E-state index in [1.54, 1.807) is 0 Å². The first kappa shape index (κ1) is 12.8. The molecule has 5 nitrogen and oxygen atoms in total. The Morgan fingerprint density at radius 2 is 2.17 bits per heavy atom. The minimum Gasteiger partial charge on any atom is -0.381 e. The number of primary amides is 1. The highest BCUT2D eigenvalue weighted by Gasteiger charge is 2.27. The zero-order chi connectivity index (χ0) is 13.3. The molecule has 3 N–H and O–H groups in total. The monoisotopic (exact) mass is 272 g/mol. The van der Waals surface area contributed by atoms with Gasteiger partial charge in [-0.3, -0.25) is 4.79 Å². The van der Waals surface area contributed by atoms with Crippen LogP contribution < -0.4 is 11.1 Å². The summed E-state index contributed by atoms with van der Waals surface area (Å²) >= 11 is 0. The van der Waals surface area contributed by atoms with Gasteiger partial charge in [-0.25, -0.2) is 12.8 Å². The van der Waals surface area contributed by atoms with Crippen LogP contribution in [0.15, 0.2) is 18.2 Å². The number of rotatable bonds is 3. The molecule has 0 aromatic heterocycles. The number of amides is 1. The van der Waals surface area contributed by atoms with Crippen LogP contribution in [0.3, 0.4) is 0 Å². The fourth-order valence-corrected chi connectivity index (χ4v) is 3.62. The lowest BCUT2D eigenvalue weighted by Crippen LogP contribution is -2.21. The molecule has 1 aliphatic rings. The third-order valence-electron chi connectivity index (χ3n) is 2.84. The van der Waals surface area contributed by atoms with Gasteiger partial charge in [-0.1, -0.05) is 0 Å². The van der Waals surface area contributed by atoms with Crippen LogP contribution in [0.4, 0.5) is 10.1 Å². The van der Waals surface area contributed by atoms with Gasteiger partial charge in [-0.15, -0.1) is 0 Å². The van der Waals surface area contributed by atoms with E-state index in [0.29, 0.717) is 12.1 Å². The van der Waals surface area contributed by atoms with Gasteiger partial charge in [0.15, 0.2) is 9.84 Å². The second-order valence-corrected chi connectivity index (χ2v) is 6.53. The lowest BCUT2D eigenvalue weighted by Gasteiger charge is -2.13. The molecule has 1 aromatic rings. The van der Waals surface area contributed by atoms with Gasteiger partial charge in [0.05, 0.1) is 17.1 Å². The predicted molar refractivity (Wildman–Crippen MR) is 65.6 cm³/mol. The van der Waals surface area contributed by atoms with E-state index in [-0.39, 0.29) is 23.1 Å². The number of nitrogens with two attached hydrogens (primary N) is 1. The number of nitrogens with one attached hydrogen (secondary N) is 1. The third-order valence-corrected chi connectivity index (χ3v) is 4.60. The van der Waals surface area contributed by atoms with Crippen molar-refractivity contribution in [1.29, 1.82) is 0 Å². The lowest BCUT2D eigenvalue weighted by atomic mass is 10.1. The Labute approximate surface area is 104 Å². The standard InChI is InChI=1S/C11H13FN2O3S/c12-10-2-1-7(5-9(10)11(13)15)14-8-3-4-18(16,17)6-8/h1-2,5,8,14H,3-4,6H2,(H2,13,15). The van der Waals surface area contributed by atoms with Crippen molar-refractivity contribution in [3.63, 3.8) is 0 Å². The number of carbonyl (C=O) groups excluding carboxylic acids is 1. The summed E-state index contributed by atoms with van der Waals surface area (Å²) in [6, 6.07) is 3.67. The van der Waals surface area contributed by atoms with Crippen molar-refractivity contribution in [2.24, 2.45) is 5.73 Å². The second-order valence-electron chi connectivity index (χ2n) is 4.30. The van der Waals surface area contributed by atoms with Gasteiger partial charge in [0.25, 0.3) is 5.91 Å². The predicted octanol–water partition coefficient (Wildman–Crippen LogP) is 0.524. The zero-order valence-electron chi connectivity index (χ0n) is 9.52. The van der Waals surface area contributed by atoms with E-state index in [2.05, 4.69) is 5.32 Å². The number of anilines is 1. The van der Waals surface area contributed by atoms with Crippen molar-refractivity contribution in [2.75, 3.05) is 16.8 Å². The van der Waals surface area contributed by atoms with Crippen molar-refractivity contribution >= 4 is 21.4 Å². The van der Waals surface area contributed by atoms with E-state index in [1.807, 2.05) is 0 Å². The molecule has 1 fully saturated rings. The molecule has 1 amide bonds. The molecule has 1 atom stereocenters. The first-order valence-electron chi connectivity index (χ1n) is 5.44. The smallest absolute Gasteiger partial charge is 0.251 e. The largest absolute Gasteiger partial charge is 0.381 e. The molecule has 0 bridgehead atoms. The van der Waals surface area contributed by atoms with Crippen molar-refractivity contribution in [3.05, 3.63) is 29.6 Å². The van der Waals surface area contributed by atoms with Crippen molar-refractivity contribution in [3.8, 4) is 0 Å². The van der Waals surface area contributed by atoms with Crippen LogP contribution in [0.2, 0.25) is 0 Å². The van der Waals surface area contributed by atoms with E-state index in [0.717, 1.165) is 6.07 Å². The number of halogens is 1. The maximum Gasteiger partial charge on any atom is 0.251 e. The molecule has 0 spiro atoms. The molecule has 1 heterocycles. The number of carbonyl (C=O) groups is 1. The fraction of sp³-hybridized carbons (Fsp3) is 0.364. The summed E-state index contributed by atoms with van der Waals surface area (Å²) in [7, 11) is -2.98. The molecular formula is C11H13FN2O3S. The van der Waals surface area contributed by atoms with Crippen LogP contribution >= 0.6 is 0 Å². The Bertz CT molecular complexity index is 586. The minimum absolute atomic E-state index is 0.0519. The molecule has 1 saturated heterocycles. The van der Waals surface area contributed by atoms with Gasteiger partial charge < -0.3 is 11.1 Å². The zero-order valence-corrected chi connectivity index (χ0v) is 10.3. The molecule has 1 aromatic carbocycles. The summed E-state index contributed by atoms with van der Waals surface area (Å²) in [6.45, 7) is 0. The summed E-state index contributed by atoms with van der Waals surface area (Å²) in [5, 5.41) is 2.97. The first-order valence-corrected chi connectivity index (χ1v) is 7.26. The molecule has 7 heteroatoms. The van der Waals surface area contributed by atoms with E-state index in [9.17, 15) is 17.6 Å². The van der Waals surface area contributed by atoms with Crippen LogP contribution in [-0.2, 0) is 9.84 Å². The maximum atomic E-state index is 13.2. The Morgan fingerprint density at radius 1 is 1.44 bits per heavy atom. The van der Waals surface area contributed by atoms with Crippen LogP contribution in [0.25, 0.3) is 0 Å². The second kappa shape index (κ2) is 4.56. The highest BCUT2D eigenvalue weighted by atomic mass is 32.2. The summed E-state index contributed by atoms with van der Waals surface area (Å²) in [5.74, 6) is -1.34. The summed E-state index contributed by atoms with van der Waals surface area (Å²) in [5.41, 5.74) is 5.32. The molecule has 0 aliphatic carbocycles. The molecular weight excluding hydrogens is 259 g/mol. The van der Waals surface area contributed by atoms with Gasteiger partial charge in [0.1, 0.15) is 5.82 Å². The van der Waals surface area contributed by atoms with Crippen LogP contribution in [0, 0.1) is 5.82 Å². The van der Waals surface area contributed by atoms with Gasteiger partial charge >= 0.3 is 0 Å². The van der Waals surface area contributed by atoms with Crippen molar-refractivity contribution in [1.82, 2.24) is 0 Å². The summed E-state index contributed by atoms with van der Waals surface area (Å²) < 4.78 is 35.8. The molecule has 1 unspecified atom stereocenters. The number of hydrogen-bond donors (Lipinski definition) is 2. The minimum atomic E-state index is -2.98. The maximum absolute atomic E-state index is 13.2. The van der Waals surface area contributed by atoms with Crippen LogP contribution in [0.5, 0.6) is 0 Å². The number of benzene rings is 1. The quantitative estimate of drug-likeness (QED) is 0.839. The van der Waals surface area contributed by atoms with Gasteiger partial charge in [0.2, 0.25) is 0 Å². The highest BCUT2D eigenvalue weighted by molar-refractivity contribution is 7.91. The number of sulfone groups is 1. The lowest BCUT2D eigenvalue weighted by molar-refractivity contribution is 0.0996. The molecule has 0 radical (unpaired) electrons. The van der Waals surface area contributed by atoms with Crippen molar-refractivity contribution < 1.29 is 17.6 Å². The van der Waals surface area contributed by atoms with Crippen LogP contribution in [0.1, 0.15) is 16.8 Å². The SMILES string of the molecule is NC(=O)c1cc(NC2CCS(=O)(=O)C2)ccc1F. The van der Waals surface area contributed by atoms with Gasteiger partial charge in [0, 0.05) is 11.7 Å². The Kier molecular flexibility index (Phi) is 3.25. The Balaban J connectivity index is 2.16. The van der Waals surface area contributed by atoms with Gasteiger partial charge in [-0.2, -0.15) is 0 Å². The molecule has 2 rings (SSSR count). The topological polar surface area (TPSA) is 89.3 Å². The summed E-state index contributed by atoms with van der Waals surface area (Å²) in [4.78, 5) is 11.0. The average molecular weight is 272 g/mol. The van der Waals surface area contributed by atoms with Crippen LogP contribution in [-0.4, -0.2) is 31.9 Å². The fourth-order valence-electron chi connectivity index (χ4n) is 1.95. The van der Waals surface area contributed by atoms with E-state index < -0.39 is 21.6 Å². The van der Waals surface area contributed by atoms with E-state index in [1.165, 1.54) is 12.1 Å². The molecule has 1 aliphatic heterocycles. The Hall–Kier alpha value is -1.63. The molecule has 0 saturated carbocycles. The highest BCUT2D eigenvalue weighted by Crippen LogP contribution is 2.19. The normalized spacial score (nSPS) is 21.7. The summed E-state index contributed by atoms with van der Waals surface area (Å²) in [6.07, 6.45) is 0.506. The third kappa shape index (κ3) is 2.79. The van der Waals surface area contributed by atoms with Crippen molar-refractivity contribution in [2.45, 2.75) is 12.5 Å². The molecule has 18 heavy (non-hydrogen) atoms.